The Kier molecular flexibility index (Phi) is 11.0. The first kappa shape index (κ1) is 27.6. The summed E-state index contributed by atoms with van der Waals surface area (Å²) in [5.41, 5.74) is 1.88. The Balaban J connectivity index is 1.51. The van der Waals surface area contributed by atoms with E-state index in [4.69, 9.17) is 9.47 Å². The van der Waals surface area contributed by atoms with Crippen LogP contribution in [0.15, 0.2) is 24.3 Å². The molecule has 0 bridgehead atoms. The van der Waals surface area contributed by atoms with Crippen LogP contribution in [0, 0.1) is 0 Å². The zero-order chi connectivity index (χ0) is 25.2. The molecule has 4 unspecified atom stereocenters. The highest BCUT2D eigenvalue weighted by molar-refractivity contribution is 5.94. The van der Waals surface area contributed by atoms with Crippen molar-refractivity contribution in [1.29, 1.82) is 0 Å². The minimum absolute atomic E-state index is 0.198. The molecule has 196 valence electrons. The van der Waals surface area contributed by atoms with Gasteiger partial charge in [0, 0.05) is 32.1 Å². The number of ether oxygens (including phenoxy) is 2. The molecule has 1 aromatic rings. The monoisotopic (exact) mass is 490 g/mol. The van der Waals surface area contributed by atoms with Crippen LogP contribution >= 0.6 is 0 Å². The molecule has 1 aliphatic carbocycles. The van der Waals surface area contributed by atoms with Gasteiger partial charge in [0.05, 0.1) is 18.2 Å². The van der Waals surface area contributed by atoms with E-state index >= 15 is 0 Å². The lowest BCUT2D eigenvalue weighted by Gasteiger charge is -2.41. The van der Waals surface area contributed by atoms with Crippen molar-refractivity contribution in [3.8, 4) is 0 Å². The number of rotatable bonds is 11. The first-order valence-corrected chi connectivity index (χ1v) is 13.2. The molecule has 2 aliphatic rings. The maximum atomic E-state index is 12.6. The molecular formula is C27H42N2O6. The van der Waals surface area contributed by atoms with Gasteiger partial charge < -0.3 is 30.3 Å². The van der Waals surface area contributed by atoms with E-state index in [1.54, 1.807) is 0 Å². The van der Waals surface area contributed by atoms with Gasteiger partial charge >= 0.3 is 0 Å². The number of aliphatic hydroxyl groups excluding tert-OH is 2. The van der Waals surface area contributed by atoms with Crippen molar-refractivity contribution >= 4 is 11.8 Å². The topological polar surface area (TPSA) is 117 Å². The van der Waals surface area contributed by atoms with Crippen LogP contribution in [-0.2, 0) is 14.3 Å². The van der Waals surface area contributed by atoms with Gasteiger partial charge in [0.25, 0.3) is 5.91 Å². The summed E-state index contributed by atoms with van der Waals surface area (Å²) in [6.45, 7) is 4.14. The van der Waals surface area contributed by atoms with E-state index in [2.05, 4.69) is 17.6 Å². The predicted octanol–water partition coefficient (Wildman–Crippen LogP) is 3.01. The Morgan fingerprint density at radius 3 is 2.54 bits per heavy atom. The summed E-state index contributed by atoms with van der Waals surface area (Å²) >= 11 is 0. The quantitative estimate of drug-likeness (QED) is 0.354. The molecule has 0 aromatic heterocycles. The summed E-state index contributed by atoms with van der Waals surface area (Å²) in [4.78, 5) is 24.3. The van der Waals surface area contributed by atoms with Gasteiger partial charge in [-0.25, -0.2) is 0 Å². The molecule has 0 spiro atoms. The first-order valence-electron chi connectivity index (χ1n) is 13.2. The molecule has 1 saturated heterocycles. The lowest BCUT2D eigenvalue weighted by atomic mass is 9.84. The molecule has 2 amide bonds. The Labute approximate surface area is 208 Å². The number of carbonyl (C=O) groups excluding carboxylic acids is 2. The number of unbranched alkanes of at least 4 members (excludes halogenated alkanes) is 1. The van der Waals surface area contributed by atoms with Crippen LogP contribution in [0.25, 0.3) is 0 Å². The van der Waals surface area contributed by atoms with Crippen LogP contribution in [0.4, 0.5) is 0 Å². The van der Waals surface area contributed by atoms with Crippen LogP contribution in [0.3, 0.4) is 0 Å². The van der Waals surface area contributed by atoms with Crippen LogP contribution in [0.2, 0.25) is 0 Å². The largest absolute Gasteiger partial charge is 0.391 e. The smallest absolute Gasteiger partial charge is 0.251 e. The van der Waals surface area contributed by atoms with Crippen molar-refractivity contribution in [2.75, 3.05) is 13.2 Å². The Morgan fingerprint density at radius 1 is 1.17 bits per heavy atom. The lowest BCUT2D eigenvalue weighted by Crippen LogP contribution is -2.61. The summed E-state index contributed by atoms with van der Waals surface area (Å²) < 4.78 is 11.6. The molecule has 8 heteroatoms. The van der Waals surface area contributed by atoms with Crippen molar-refractivity contribution in [2.45, 2.75) is 108 Å². The number of aliphatic hydroxyl groups is 2. The summed E-state index contributed by atoms with van der Waals surface area (Å²) in [5.74, 6) is 0.0783. The molecule has 1 heterocycles. The number of carbonyl (C=O) groups is 2. The molecule has 3 rings (SSSR count). The minimum Gasteiger partial charge on any atom is -0.391 e. The van der Waals surface area contributed by atoms with Gasteiger partial charge in [-0.05, 0) is 49.3 Å². The Bertz CT molecular complexity index is 795. The van der Waals surface area contributed by atoms with Gasteiger partial charge in [-0.15, -0.1) is 0 Å². The van der Waals surface area contributed by atoms with Crippen molar-refractivity contribution in [3.05, 3.63) is 35.4 Å². The molecule has 2 fully saturated rings. The number of amides is 2. The van der Waals surface area contributed by atoms with E-state index in [1.165, 1.54) is 44.6 Å². The molecule has 5 atom stereocenters. The molecule has 8 nitrogen and oxygen atoms in total. The van der Waals surface area contributed by atoms with E-state index in [9.17, 15) is 19.8 Å². The zero-order valence-corrected chi connectivity index (χ0v) is 21.1. The third-order valence-corrected chi connectivity index (χ3v) is 7.04. The van der Waals surface area contributed by atoms with Crippen LogP contribution < -0.4 is 10.6 Å². The van der Waals surface area contributed by atoms with Gasteiger partial charge in [-0.3, -0.25) is 9.59 Å². The molecule has 4 N–H and O–H groups in total. The van der Waals surface area contributed by atoms with Crippen LogP contribution in [0.5, 0.6) is 0 Å². The van der Waals surface area contributed by atoms with E-state index in [0.29, 0.717) is 18.1 Å². The average molecular weight is 491 g/mol. The second-order valence-corrected chi connectivity index (χ2v) is 9.85. The van der Waals surface area contributed by atoms with E-state index in [0.717, 1.165) is 12.8 Å². The normalized spacial score (nSPS) is 26.2. The molecular weight excluding hydrogens is 448 g/mol. The Morgan fingerprint density at radius 2 is 1.89 bits per heavy atom. The van der Waals surface area contributed by atoms with Crippen molar-refractivity contribution in [3.63, 3.8) is 0 Å². The second kappa shape index (κ2) is 13.9. The van der Waals surface area contributed by atoms with Gasteiger partial charge in [-0.1, -0.05) is 44.7 Å². The highest BCUT2D eigenvalue weighted by atomic mass is 16.7. The van der Waals surface area contributed by atoms with Crippen LogP contribution in [0.1, 0.15) is 93.5 Å². The SMILES string of the molecule is CCCCOC1CC(O)[C@@H](NC(C)=O)C(C(O)CCNC(=O)c2ccc(C3CCCCC3)cc2)O1. The van der Waals surface area contributed by atoms with Gasteiger partial charge in [0.15, 0.2) is 6.29 Å². The highest BCUT2D eigenvalue weighted by Crippen LogP contribution is 2.32. The molecule has 0 radical (unpaired) electrons. The van der Waals surface area contributed by atoms with Gasteiger partial charge in [-0.2, -0.15) is 0 Å². The third kappa shape index (κ3) is 8.27. The van der Waals surface area contributed by atoms with E-state index in [1.807, 2.05) is 24.3 Å². The zero-order valence-electron chi connectivity index (χ0n) is 21.1. The number of hydrogen-bond donors (Lipinski definition) is 4. The predicted molar refractivity (Wildman–Crippen MR) is 133 cm³/mol. The maximum absolute atomic E-state index is 12.6. The summed E-state index contributed by atoms with van der Waals surface area (Å²) in [6.07, 6.45) is 5.13. The summed E-state index contributed by atoms with van der Waals surface area (Å²) in [6, 6.07) is 7.07. The van der Waals surface area contributed by atoms with Crippen molar-refractivity contribution < 1.29 is 29.3 Å². The van der Waals surface area contributed by atoms with Gasteiger partial charge in [0.1, 0.15) is 6.10 Å². The highest BCUT2D eigenvalue weighted by Gasteiger charge is 2.42. The third-order valence-electron chi connectivity index (χ3n) is 7.04. The molecule has 1 aromatic carbocycles. The van der Waals surface area contributed by atoms with Crippen molar-refractivity contribution in [1.82, 2.24) is 10.6 Å². The second-order valence-electron chi connectivity index (χ2n) is 9.85. The van der Waals surface area contributed by atoms with Crippen LogP contribution in [-0.4, -0.2) is 65.8 Å². The first-order chi connectivity index (χ1) is 16.9. The number of benzene rings is 1. The number of hydrogen-bond acceptors (Lipinski definition) is 6. The van der Waals surface area contributed by atoms with Crippen molar-refractivity contribution in [2.24, 2.45) is 0 Å². The summed E-state index contributed by atoms with van der Waals surface area (Å²) in [7, 11) is 0. The maximum Gasteiger partial charge on any atom is 0.251 e. The Hall–Kier alpha value is -2.00. The van der Waals surface area contributed by atoms with Gasteiger partial charge in [0.2, 0.25) is 5.91 Å². The molecule has 1 aliphatic heterocycles. The van der Waals surface area contributed by atoms with E-state index < -0.39 is 30.6 Å². The fraction of sp³-hybridized carbons (Fsp3) is 0.704. The lowest BCUT2D eigenvalue weighted by molar-refractivity contribution is -0.244. The minimum atomic E-state index is -1.01. The average Bonchev–Trinajstić information content (AvgIpc) is 2.86. The fourth-order valence-corrected chi connectivity index (χ4v) is 5.03. The fourth-order valence-electron chi connectivity index (χ4n) is 5.03. The summed E-state index contributed by atoms with van der Waals surface area (Å²) in [5, 5.41) is 27.0. The number of nitrogens with one attached hydrogen (secondary N) is 2. The van der Waals surface area contributed by atoms with E-state index in [-0.39, 0.29) is 31.2 Å². The standard InChI is InChI=1S/C27H42N2O6/c1-3-4-16-34-24-17-23(32)25(29-18(2)30)26(35-24)22(31)14-15-28-27(33)21-12-10-20(11-13-21)19-8-6-5-7-9-19/h10-13,19,22-26,31-32H,3-9,14-17H2,1-2H3,(H,28,33)(H,29,30)/t22?,23?,24?,25-,26?/m1/s1. The molecule has 1 saturated carbocycles. The molecule has 35 heavy (non-hydrogen) atoms.